The molecule has 0 unspecified atom stereocenters. The number of hydrogen-bond donors (Lipinski definition) is 1. The molecule has 1 atom stereocenters. The largest absolute Gasteiger partial charge is 0.465 e. The van der Waals surface area contributed by atoms with E-state index in [1.54, 1.807) is 24.3 Å². The van der Waals surface area contributed by atoms with Gasteiger partial charge in [0.05, 0.1) is 18.4 Å². The summed E-state index contributed by atoms with van der Waals surface area (Å²) in [5.41, 5.74) is 6.46. The third-order valence-corrected chi connectivity index (χ3v) is 5.14. The van der Waals surface area contributed by atoms with Crippen molar-refractivity contribution in [2.75, 3.05) is 20.2 Å². The van der Waals surface area contributed by atoms with E-state index in [9.17, 15) is 13.2 Å². The molecule has 0 aromatic heterocycles. The number of sulfonamides is 1. The van der Waals surface area contributed by atoms with Crippen LogP contribution in [0.15, 0.2) is 24.3 Å². The van der Waals surface area contributed by atoms with Gasteiger partial charge in [0.25, 0.3) is 0 Å². The van der Waals surface area contributed by atoms with E-state index in [2.05, 4.69) is 4.74 Å². The second-order valence-corrected chi connectivity index (χ2v) is 6.78. The van der Waals surface area contributed by atoms with Crippen LogP contribution in [-0.2, 0) is 20.5 Å². The van der Waals surface area contributed by atoms with Crippen molar-refractivity contribution in [2.24, 2.45) is 5.73 Å². The normalized spacial score (nSPS) is 19.0. The number of rotatable bonds is 4. The van der Waals surface area contributed by atoms with Crippen LogP contribution < -0.4 is 5.73 Å². The van der Waals surface area contributed by atoms with Crippen molar-refractivity contribution in [1.29, 1.82) is 0 Å². The number of hydrogen-bond acceptors (Lipinski definition) is 5. The lowest BCUT2D eigenvalue weighted by atomic mass is 10.1. The Bertz CT molecular complexity index is 606. The van der Waals surface area contributed by atoms with Crippen molar-refractivity contribution in [3.05, 3.63) is 35.4 Å². The zero-order chi connectivity index (χ0) is 14.8. The highest BCUT2D eigenvalue weighted by Gasteiger charge is 2.30. The van der Waals surface area contributed by atoms with Crippen LogP contribution >= 0.6 is 12.4 Å². The van der Waals surface area contributed by atoms with Gasteiger partial charge in [0.1, 0.15) is 0 Å². The van der Waals surface area contributed by atoms with E-state index in [-0.39, 0.29) is 29.8 Å². The van der Waals surface area contributed by atoms with E-state index < -0.39 is 16.0 Å². The third kappa shape index (κ3) is 4.16. The van der Waals surface area contributed by atoms with Crippen molar-refractivity contribution in [3.8, 4) is 0 Å². The quantitative estimate of drug-likeness (QED) is 0.821. The summed E-state index contributed by atoms with van der Waals surface area (Å²) in [6.45, 7) is 0.770. The molecule has 6 nitrogen and oxygen atoms in total. The minimum Gasteiger partial charge on any atom is -0.465 e. The Labute approximate surface area is 130 Å². The Morgan fingerprint density at radius 3 is 2.67 bits per heavy atom. The molecule has 0 aliphatic carbocycles. The standard InChI is InChI=1S/C13H18N2O4S.ClH/c1-19-13(16)12-5-3-2-4-10(12)9-20(17,18)15-7-6-11(14)8-15;/h2-5,11H,6-9,14H2,1H3;1H/t11-;/m1./s1. The number of esters is 1. The minimum absolute atomic E-state index is 0. The maximum absolute atomic E-state index is 12.3. The number of halogens is 1. The Hall–Kier alpha value is -1.15. The summed E-state index contributed by atoms with van der Waals surface area (Å²) in [7, 11) is -2.19. The van der Waals surface area contributed by atoms with E-state index in [1.807, 2.05) is 0 Å². The SMILES string of the molecule is COC(=O)c1ccccc1CS(=O)(=O)N1CC[C@@H](N)C1.Cl. The van der Waals surface area contributed by atoms with Crippen LogP contribution in [0.25, 0.3) is 0 Å². The molecule has 1 aliphatic heterocycles. The predicted molar refractivity (Wildman–Crippen MR) is 81.8 cm³/mol. The fraction of sp³-hybridized carbons (Fsp3) is 0.462. The molecule has 118 valence electrons. The van der Waals surface area contributed by atoms with Gasteiger partial charge in [0.15, 0.2) is 0 Å². The summed E-state index contributed by atoms with van der Waals surface area (Å²) in [4.78, 5) is 11.6. The van der Waals surface area contributed by atoms with Gasteiger partial charge in [-0.05, 0) is 18.1 Å². The Balaban J connectivity index is 0.00000220. The molecular weight excluding hydrogens is 316 g/mol. The van der Waals surface area contributed by atoms with Crippen molar-refractivity contribution in [2.45, 2.75) is 18.2 Å². The van der Waals surface area contributed by atoms with Crippen LogP contribution in [0.4, 0.5) is 0 Å². The molecule has 0 spiro atoms. The first-order valence-corrected chi connectivity index (χ1v) is 7.94. The average molecular weight is 335 g/mol. The van der Waals surface area contributed by atoms with Gasteiger partial charge in [-0.15, -0.1) is 12.4 Å². The zero-order valence-electron chi connectivity index (χ0n) is 11.7. The molecule has 0 bridgehead atoms. The number of carbonyl (C=O) groups excluding carboxylic acids is 1. The topological polar surface area (TPSA) is 89.7 Å². The van der Waals surface area contributed by atoms with Gasteiger partial charge in [-0.3, -0.25) is 0 Å². The molecule has 8 heteroatoms. The van der Waals surface area contributed by atoms with E-state index >= 15 is 0 Å². The molecular formula is C13H19ClN2O4S. The molecule has 1 saturated heterocycles. The van der Waals surface area contributed by atoms with E-state index in [4.69, 9.17) is 5.73 Å². The molecule has 0 radical (unpaired) electrons. The summed E-state index contributed by atoms with van der Waals surface area (Å²) in [6, 6.07) is 6.45. The van der Waals surface area contributed by atoms with Crippen LogP contribution in [0.1, 0.15) is 22.3 Å². The summed E-state index contributed by atoms with van der Waals surface area (Å²) >= 11 is 0. The molecule has 1 heterocycles. The number of nitrogens with two attached hydrogens (primary N) is 1. The number of carbonyl (C=O) groups is 1. The third-order valence-electron chi connectivity index (χ3n) is 3.34. The molecule has 2 rings (SSSR count). The molecule has 1 aromatic rings. The second-order valence-electron chi connectivity index (χ2n) is 4.81. The molecule has 2 N–H and O–H groups in total. The van der Waals surface area contributed by atoms with E-state index in [0.29, 0.717) is 25.1 Å². The van der Waals surface area contributed by atoms with Gasteiger partial charge in [0, 0.05) is 19.1 Å². The highest BCUT2D eigenvalue weighted by atomic mass is 35.5. The summed E-state index contributed by atoms with van der Waals surface area (Å²) in [5, 5.41) is 0. The van der Waals surface area contributed by atoms with Gasteiger partial charge in [-0.2, -0.15) is 0 Å². The Kier molecular flexibility index (Phi) is 6.15. The van der Waals surface area contributed by atoms with Gasteiger partial charge in [-0.25, -0.2) is 17.5 Å². The predicted octanol–water partition coefficient (Wildman–Crippen LogP) is 0.758. The molecule has 1 fully saturated rings. The van der Waals surface area contributed by atoms with Crippen molar-refractivity contribution in [1.82, 2.24) is 4.31 Å². The molecule has 0 saturated carbocycles. The van der Waals surface area contributed by atoms with Crippen LogP contribution in [0.2, 0.25) is 0 Å². The Morgan fingerprint density at radius 2 is 2.10 bits per heavy atom. The summed E-state index contributed by atoms with van der Waals surface area (Å²) < 4.78 is 30.7. The van der Waals surface area contributed by atoms with Crippen LogP contribution in [0, 0.1) is 0 Å². The lowest BCUT2D eigenvalue weighted by Crippen LogP contribution is -2.33. The lowest BCUT2D eigenvalue weighted by molar-refractivity contribution is 0.0600. The monoisotopic (exact) mass is 334 g/mol. The van der Waals surface area contributed by atoms with Crippen LogP contribution in [-0.4, -0.2) is 44.9 Å². The molecule has 0 amide bonds. The Morgan fingerprint density at radius 1 is 1.43 bits per heavy atom. The molecule has 1 aromatic carbocycles. The van der Waals surface area contributed by atoms with Crippen molar-refractivity contribution in [3.63, 3.8) is 0 Å². The number of nitrogens with zero attached hydrogens (tertiary/aromatic N) is 1. The fourth-order valence-electron chi connectivity index (χ4n) is 2.25. The first kappa shape index (κ1) is 17.9. The first-order valence-electron chi connectivity index (χ1n) is 6.33. The van der Waals surface area contributed by atoms with E-state index in [1.165, 1.54) is 11.4 Å². The first-order chi connectivity index (χ1) is 9.44. The number of ether oxygens (including phenoxy) is 1. The van der Waals surface area contributed by atoms with Crippen molar-refractivity contribution >= 4 is 28.4 Å². The second kappa shape index (κ2) is 7.22. The van der Waals surface area contributed by atoms with Gasteiger partial charge < -0.3 is 10.5 Å². The molecule has 21 heavy (non-hydrogen) atoms. The molecule has 1 aliphatic rings. The highest BCUT2D eigenvalue weighted by Crippen LogP contribution is 2.19. The maximum atomic E-state index is 12.3. The van der Waals surface area contributed by atoms with Crippen LogP contribution in [0.3, 0.4) is 0 Å². The highest BCUT2D eigenvalue weighted by molar-refractivity contribution is 7.88. The smallest absolute Gasteiger partial charge is 0.338 e. The summed E-state index contributed by atoms with van der Waals surface area (Å²) in [6.07, 6.45) is 0.665. The lowest BCUT2D eigenvalue weighted by Gasteiger charge is -2.17. The van der Waals surface area contributed by atoms with E-state index in [0.717, 1.165) is 0 Å². The number of methoxy groups -OCH3 is 1. The van der Waals surface area contributed by atoms with Gasteiger partial charge in [-0.1, -0.05) is 18.2 Å². The van der Waals surface area contributed by atoms with Crippen molar-refractivity contribution < 1.29 is 17.9 Å². The minimum atomic E-state index is -3.46. The van der Waals surface area contributed by atoms with Gasteiger partial charge >= 0.3 is 5.97 Å². The van der Waals surface area contributed by atoms with Gasteiger partial charge in [0.2, 0.25) is 10.0 Å². The fourth-order valence-corrected chi connectivity index (χ4v) is 3.88. The number of benzene rings is 1. The zero-order valence-corrected chi connectivity index (χ0v) is 13.3. The average Bonchev–Trinajstić information content (AvgIpc) is 2.86. The maximum Gasteiger partial charge on any atom is 0.338 e. The summed E-state index contributed by atoms with van der Waals surface area (Å²) in [5.74, 6) is -0.751. The van der Waals surface area contributed by atoms with Crippen LogP contribution in [0.5, 0.6) is 0 Å².